The average molecular weight is 362 g/mol. The highest BCUT2D eigenvalue weighted by Gasteiger charge is 2.32. The molecule has 2 aliphatic rings. The van der Waals surface area contributed by atoms with Gasteiger partial charge in [0.1, 0.15) is 0 Å². The molecule has 0 bridgehead atoms. The quantitative estimate of drug-likeness (QED) is 0.668. The maximum Gasteiger partial charge on any atom is 0.224 e. The lowest BCUT2D eigenvalue weighted by atomic mass is 9.92. The van der Waals surface area contributed by atoms with Gasteiger partial charge >= 0.3 is 0 Å². The van der Waals surface area contributed by atoms with Gasteiger partial charge in [-0.3, -0.25) is 9.59 Å². The van der Waals surface area contributed by atoms with Gasteiger partial charge in [0.05, 0.1) is 12.5 Å². The number of carbonyl (C=O) groups excluding carboxylic acids is 2. The third-order valence-corrected chi connectivity index (χ3v) is 5.11. The molecule has 0 aromatic carbocycles. The van der Waals surface area contributed by atoms with Crippen molar-refractivity contribution >= 4 is 24.2 Å². The van der Waals surface area contributed by atoms with Gasteiger partial charge in [-0.05, 0) is 51.6 Å². The number of likely N-dealkylation sites (tertiary alicyclic amines) is 1. The van der Waals surface area contributed by atoms with Gasteiger partial charge in [-0.2, -0.15) is 0 Å². The largest absolute Gasteiger partial charge is 0.383 e. The van der Waals surface area contributed by atoms with Crippen LogP contribution in [-0.4, -0.2) is 62.7 Å². The molecule has 2 saturated heterocycles. The summed E-state index contributed by atoms with van der Waals surface area (Å²) in [6, 6.07) is 0.243. The molecule has 2 fully saturated rings. The fourth-order valence-electron chi connectivity index (χ4n) is 3.52. The van der Waals surface area contributed by atoms with Crippen LogP contribution in [0.15, 0.2) is 0 Å². The second-order valence-electron chi connectivity index (χ2n) is 6.85. The van der Waals surface area contributed by atoms with Gasteiger partial charge in [-0.25, -0.2) is 0 Å². The van der Waals surface area contributed by atoms with Crippen LogP contribution in [0.1, 0.15) is 39.0 Å². The summed E-state index contributed by atoms with van der Waals surface area (Å²) in [5.41, 5.74) is 0. The third-order valence-electron chi connectivity index (χ3n) is 5.11. The number of nitrogens with zero attached hydrogens (tertiary/aromatic N) is 1. The molecule has 2 rings (SSSR count). The minimum absolute atomic E-state index is 0. The second-order valence-corrected chi connectivity index (χ2v) is 6.85. The number of carbonyl (C=O) groups is 2. The topological polar surface area (TPSA) is 70.7 Å². The molecule has 7 heteroatoms. The maximum absolute atomic E-state index is 12.5. The molecule has 2 heterocycles. The molecule has 0 aromatic rings. The van der Waals surface area contributed by atoms with Crippen LogP contribution >= 0.6 is 12.4 Å². The van der Waals surface area contributed by atoms with E-state index in [0.717, 1.165) is 32.4 Å². The molecule has 2 amide bonds. The monoisotopic (exact) mass is 361 g/mol. The van der Waals surface area contributed by atoms with Gasteiger partial charge < -0.3 is 20.3 Å². The summed E-state index contributed by atoms with van der Waals surface area (Å²) in [4.78, 5) is 26.7. The Morgan fingerprint density at radius 1 is 1.29 bits per heavy atom. The van der Waals surface area contributed by atoms with Gasteiger partial charge in [-0.15, -0.1) is 12.4 Å². The number of nitrogens with one attached hydrogen (secondary N) is 2. The van der Waals surface area contributed by atoms with Crippen LogP contribution < -0.4 is 10.6 Å². The van der Waals surface area contributed by atoms with Crippen molar-refractivity contribution in [1.82, 2.24) is 15.5 Å². The van der Waals surface area contributed by atoms with Crippen molar-refractivity contribution in [2.45, 2.75) is 45.1 Å². The van der Waals surface area contributed by atoms with Crippen LogP contribution in [0.5, 0.6) is 0 Å². The predicted molar refractivity (Wildman–Crippen MR) is 96.2 cm³/mol. The molecule has 0 saturated carbocycles. The number of hydrogen-bond acceptors (Lipinski definition) is 4. The summed E-state index contributed by atoms with van der Waals surface area (Å²) >= 11 is 0. The lowest BCUT2D eigenvalue weighted by molar-refractivity contribution is -0.138. The smallest absolute Gasteiger partial charge is 0.224 e. The lowest BCUT2D eigenvalue weighted by Gasteiger charge is -2.37. The highest BCUT2D eigenvalue weighted by molar-refractivity contribution is 5.85. The van der Waals surface area contributed by atoms with Crippen LogP contribution in [0, 0.1) is 11.8 Å². The molecule has 2 aliphatic heterocycles. The fourth-order valence-corrected chi connectivity index (χ4v) is 3.52. The zero-order valence-electron chi connectivity index (χ0n) is 14.9. The summed E-state index contributed by atoms with van der Waals surface area (Å²) in [7, 11) is 1.62. The number of rotatable bonds is 7. The molecule has 140 valence electrons. The Bertz CT molecular complexity index is 403. The molecule has 3 atom stereocenters. The highest BCUT2D eigenvalue weighted by atomic mass is 35.5. The minimum Gasteiger partial charge on any atom is -0.383 e. The molecule has 2 N–H and O–H groups in total. The van der Waals surface area contributed by atoms with Crippen molar-refractivity contribution in [3.63, 3.8) is 0 Å². The number of amides is 2. The van der Waals surface area contributed by atoms with Crippen LogP contribution in [0.25, 0.3) is 0 Å². The average Bonchev–Trinajstić information content (AvgIpc) is 3.06. The SMILES string of the molecule is COCCNC(=O)C1CCC(C)N(C(=O)CCC2CCNC2)C1.Cl. The number of ether oxygens (including phenoxy) is 1. The van der Waals surface area contributed by atoms with Crippen LogP contribution in [0.4, 0.5) is 0 Å². The van der Waals surface area contributed by atoms with Gasteiger partial charge in [0, 0.05) is 32.7 Å². The van der Waals surface area contributed by atoms with E-state index in [9.17, 15) is 9.59 Å². The number of methoxy groups -OCH3 is 1. The molecule has 0 spiro atoms. The summed E-state index contributed by atoms with van der Waals surface area (Å²) < 4.78 is 4.95. The van der Waals surface area contributed by atoms with E-state index in [2.05, 4.69) is 17.6 Å². The lowest BCUT2D eigenvalue weighted by Crippen LogP contribution is -2.49. The molecule has 24 heavy (non-hydrogen) atoms. The Kier molecular flexibility index (Phi) is 9.63. The van der Waals surface area contributed by atoms with Gasteiger partial charge in [0.15, 0.2) is 0 Å². The van der Waals surface area contributed by atoms with Crippen molar-refractivity contribution in [2.75, 3.05) is 39.9 Å². The van der Waals surface area contributed by atoms with Crippen molar-refractivity contribution in [1.29, 1.82) is 0 Å². The van der Waals surface area contributed by atoms with Crippen LogP contribution in [0.3, 0.4) is 0 Å². The van der Waals surface area contributed by atoms with E-state index in [1.54, 1.807) is 7.11 Å². The Labute approximate surface area is 151 Å². The van der Waals surface area contributed by atoms with E-state index < -0.39 is 0 Å². The van der Waals surface area contributed by atoms with E-state index in [1.807, 2.05) is 4.90 Å². The number of halogens is 1. The Morgan fingerprint density at radius 2 is 2.08 bits per heavy atom. The van der Waals surface area contributed by atoms with Crippen molar-refractivity contribution in [3.05, 3.63) is 0 Å². The second kappa shape index (κ2) is 10.9. The summed E-state index contributed by atoms with van der Waals surface area (Å²) in [6.45, 7) is 5.81. The number of hydrogen-bond donors (Lipinski definition) is 2. The van der Waals surface area contributed by atoms with Crippen molar-refractivity contribution in [2.24, 2.45) is 11.8 Å². The van der Waals surface area contributed by atoms with Crippen LogP contribution in [0.2, 0.25) is 0 Å². The third kappa shape index (κ3) is 6.22. The molecule has 0 aliphatic carbocycles. The molecular formula is C17H32ClN3O3. The summed E-state index contributed by atoms with van der Waals surface area (Å²) in [5, 5.41) is 6.24. The zero-order chi connectivity index (χ0) is 16.7. The van der Waals surface area contributed by atoms with E-state index >= 15 is 0 Å². The summed E-state index contributed by atoms with van der Waals surface area (Å²) in [6.07, 6.45) is 4.50. The van der Waals surface area contributed by atoms with E-state index in [0.29, 0.717) is 32.0 Å². The van der Waals surface area contributed by atoms with Gasteiger partial charge in [0.2, 0.25) is 11.8 Å². The first-order valence-corrected chi connectivity index (χ1v) is 8.88. The Hall–Kier alpha value is -0.850. The first-order chi connectivity index (χ1) is 11.1. The van der Waals surface area contributed by atoms with Crippen molar-refractivity contribution in [3.8, 4) is 0 Å². The van der Waals surface area contributed by atoms with E-state index in [-0.39, 0.29) is 36.2 Å². The number of piperidine rings is 1. The molecule has 3 unspecified atom stereocenters. The molecular weight excluding hydrogens is 330 g/mol. The van der Waals surface area contributed by atoms with Crippen LogP contribution in [-0.2, 0) is 14.3 Å². The first-order valence-electron chi connectivity index (χ1n) is 8.88. The Morgan fingerprint density at radius 3 is 2.75 bits per heavy atom. The van der Waals surface area contributed by atoms with E-state index in [1.165, 1.54) is 6.42 Å². The zero-order valence-corrected chi connectivity index (χ0v) is 15.7. The maximum atomic E-state index is 12.5. The fraction of sp³-hybridized carbons (Fsp3) is 0.882. The van der Waals surface area contributed by atoms with Gasteiger partial charge in [-0.1, -0.05) is 0 Å². The molecule has 0 aromatic heterocycles. The van der Waals surface area contributed by atoms with Crippen molar-refractivity contribution < 1.29 is 14.3 Å². The minimum atomic E-state index is -0.0832. The molecule has 6 nitrogen and oxygen atoms in total. The predicted octanol–water partition coefficient (Wildman–Crippen LogP) is 1.19. The summed E-state index contributed by atoms with van der Waals surface area (Å²) in [5.74, 6) is 0.804. The molecule has 0 radical (unpaired) electrons. The normalized spacial score (nSPS) is 26.8. The van der Waals surface area contributed by atoms with E-state index in [4.69, 9.17) is 4.74 Å². The highest BCUT2D eigenvalue weighted by Crippen LogP contribution is 2.24. The Balaban J connectivity index is 0.00000288. The van der Waals surface area contributed by atoms with Gasteiger partial charge in [0.25, 0.3) is 0 Å². The standard InChI is InChI=1S/C17H31N3O3.ClH/c1-13-3-5-15(17(22)19-9-10-23-2)12-20(13)16(21)6-4-14-7-8-18-11-14;/h13-15,18H,3-12H2,1-2H3,(H,19,22);1H. The first kappa shape index (κ1) is 21.2.